The molecule has 2 rings (SSSR count). The van der Waals surface area contributed by atoms with Crippen LogP contribution >= 0.6 is 23.3 Å². The third kappa shape index (κ3) is 2.74. The predicted molar refractivity (Wildman–Crippen MR) is 61.8 cm³/mol. The molecule has 0 aliphatic carbocycles. The fraction of sp³-hybridized carbons (Fsp3) is 0.222. The van der Waals surface area contributed by atoms with Crippen molar-refractivity contribution in [3.8, 4) is 0 Å². The molecule has 4 nitrogen and oxygen atoms in total. The minimum atomic E-state index is 0.201. The predicted octanol–water partition coefficient (Wildman–Crippen LogP) is 1.73. The lowest BCUT2D eigenvalue weighted by atomic mass is 10.2. The normalized spacial score (nSPS) is 12.6. The largest absolute Gasteiger partial charge is 0.329 e. The second-order valence-electron chi connectivity index (χ2n) is 2.84. The molecular weight excluding hydrogens is 228 g/mol. The number of rotatable bonds is 4. The maximum atomic E-state index is 5.73. The summed E-state index contributed by atoms with van der Waals surface area (Å²) in [5.41, 5.74) is 6.85. The van der Waals surface area contributed by atoms with E-state index in [2.05, 4.69) is 14.3 Å². The number of nitrogens with two attached hydrogens (primary N) is 1. The Bertz CT molecular complexity index is 390. The van der Waals surface area contributed by atoms with Gasteiger partial charge in [0, 0.05) is 18.9 Å². The van der Waals surface area contributed by atoms with Gasteiger partial charge in [0.1, 0.15) is 6.33 Å². The fourth-order valence-corrected chi connectivity index (χ4v) is 2.81. The Morgan fingerprint density at radius 3 is 3.07 bits per heavy atom. The van der Waals surface area contributed by atoms with Crippen molar-refractivity contribution in [2.45, 2.75) is 9.59 Å². The quantitative estimate of drug-likeness (QED) is 0.822. The Morgan fingerprint density at radius 2 is 2.47 bits per heavy atom. The van der Waals surface area contributed by atoms with Crippen LogP contribution in [0.1, 0.15) is 10.8 Å². The summed E-state index contributed by atoms with van der Waals surface area (Å²) >= 11 is 3.02. The highest BCUT2D eigenvalue weighted by Gasteiger charge is 2.12. The number of aromatic nitrogens is 3. The molecule has 0 fully saturated rings. The topological polar surface area (TPSA) is 64.7 Å². The Hall–Kier alpha value is -0.980. The molecule has 2 aromatic rings. The van der Waals surface area contributed by atoms with E-state index in [1.807, 2.05) is 18.3 Å². The van der Waals surface area contributed by atoms with Gasteiger partial charge in [0.2, 0.25) is 0 Å². The van der Waals surface area contributed by atoms with E-state index in [1.165, 1.54) is 11.5 Å². The summed E-state index contributed by atoms with van der Waals surface area (Å²) in [6, 6.07) is 3.94. The number of pyridine rings is 1. The summed E-state index contributed by atoms with van der Waals surface area (Å²) in [5, 5.41) is 0.201. The molecule has 0 bridgehead atoms. The van der Waals surface area contributed by atoms with Crippen LogP contribution in [-0.2, 0) is 0 Å². The van der Waals surface area contributed by atoms with Gasteiger partial charge in [-0.2, -0.15) is 4.37 Å². The third-order valence-electron chi connectivity index (χ3n) is 1.85. The Labute approximate surface area is 96.1 Å². The lowest BCUT2D eigenvalue weighted by Crippen LogP contribution is -2.09. The van der Waals surface area contributed by atoms with Crippen molar-refractivity contribution in [1.29, 1.82) is 0 Å². The summed E-state index contributed by atoms with van der Waals surface area (Å²) in [4.78, 5) is 8.21. The number of nitrogens with zero attached hydrogens (tertiary/aromatic N) is 3. The first kappa shape index (κ1) is 10.5. The molecule has 6 heteroatoms. The van der Waals surface area contributed by atoms with Crippen LogP contribution in [-0.4, -0.2) is 20.9 Å². The Kier molecular flexibility index (Phi) is 3.65. The highest BCUT2D eigenvalue weighted by molar-refractivity contribution is 8.01. The summed E-state index contributed by atoms with van der Waals surface area (Å²) in [5.74, 6) is 0. The molecular formula is C9H10N4S2. The van der Waals surface area contributed by atoms with E-state index in [-0.39, 0.29) is 5.25 Å². The van der Waals surface area contributed by atoms with Gasteiger partial charge >= 0.3 is 0 Å². The van der Waals surface area contributed by atoms with Crippen LogP contribution in [0.25, 0.3) is 0 Å². The molecule has 0 saturated heterocycles. The second kappa shape index (κ2) is 5.20. The molecule has 0 spiro atoms. The number of thioether (sulfide) groups is 1. The van der Waals surface area contributed by atoms with Crippen LogP contribution in [0.4, 0.5) is 0 Å². The molecule has 2 heterocycles. The zero-order valence-electron chi connectivity index (χ0n) is 7.91. The van der Waals surface area contributed by atoms with Crippen LogP contribution in [0.3, 0.4) is 0 Å². The van der Waals surface area contributed by atoms with E-state index < -0.39 is 0 Å². The third-order valence-corrected chi connectivity index (χ3v) is 3.88. The molecule has 0 amide bonds. The minimum absolute atomic E-state index is 0.201. The Morgan fingerprint density at radius 1 is 1.53 bits per heavy atom. The van der Waals surface area contributed by atoms with E-state index in [0.717, 1.165) is 9.90 Å². The van der Waals surface area contributed by atoms with Crippen molar-refractivity contribution in [1.82, 2.24) is 14.3 Å². The van der Waals surface area contributed by atoms with Gasteiger partial charge in [-0.15, -0.1) is 0 Å². The zero-order valence-corrected chi connectivity index (χ0v) is 9.54. The molecule has 78 valence electrons. The SMILES string of the molecule is NCC(Sc1ncns1)c1cccnc1. The van der Waals surface area contributed by atoms with E-state index in [0.29, 0.717) is 6.54 Å². The first-order chi connectivity index (χ1) is 7.40. The summed E-state index contributed by atoms with van der Waals surface area (Å²) in [6.45, 7) is 0.565. The molecule has 0 aliphatic rings. The average Bonchev–Trinajstić information content (AvgIpc) is 2.80. The van der Waals surface area contributed by atoms with Gasteiger partial charge in [-0.3, -0.25) is 4.98 Å². The standard InChI is InChI=1S/C9H10N4S2/c10-4-8(7-2-1-3-11-5-7)14-9-12-6-13-15-9/h1-3,5-6,8H,4,10H2. The summed E-state index contributed by atoms with van der Waals surface area (Å²) < 4.78 is 4.90. The van der Waals surface area contributed by atoms with Gasteiger partial charge in [-0.25, -0.2) is 4.98 Å². The van der Waals surface area contributed by atoms with Gasteiger partial charge in [0.25, 0.3) is 0 Å². The Balaban J connectivity index is 2.12. The minimum Gasteiger partial charge on any atom is -0.329 e. The second-order valence-corrected chi connectivity index (χ2v) is 5.07. The van der Waals surface area contributed by atoms with Gasteiger partial charge in [0.05, 0.1) is 5.25 Å². The van der Waals surface area contributed by atoms with Gasteiger partial charge < -0.3 is 5.73 Å². The van der Waals surface area contributed by atoms with Crippen LogP contribution in [0, 0.1) is 0 Å². The fourth-order valence-electron chi connectivity index (χ4n) is 1.16. The van der Waals surface area contributed by atoms with E-state index in [4.69, 9.17) is 5.73 Å². The average molecular weight is 238 g/mol. The monoisotopic (exact) mass is 238 g/mol. The van der Waals surface area contributed by atoms with E-state index >= 15 is 0 Å². The maximum Gasteiger partial charge on any atom is 0.170 e. The smallest absolute Gasteiger partial charge is 0.170 e. The van der Waals surface area contributed by atoms with Crippen molar-refractivity contribution in [3.63, 3.8) is 0 Å². The molecule has 2 N–H and O–H groups in total. The molecule has 0 aromatic carbocycles. The lowest BCUT2D eigenvalue weighted by molar-refractivity contribution is 0.930. The van der Waals surface area contributed by atoms with Crippen molar-refractivity contribution < 1.29 is 0 Å². The van der Waals surface area contributed by atoms with Crippen LogP contribution in [0.15, 0.2) is 35.2 Å². The van der Waals surface area contributed by atoms with Gasteiger partial charge in [0.15, 0.2) is 4.34 Å². The molecule has 0 radical (unpaired) electrons. The van der Waals surface area contributed by atoms with Crippen LogP contribution in [0.5, 0.6) is 0 Å². The summed E-state index contributed by atoms with van der Waals surface area (Å²) in [7, 11) is 0. The van der Waals surface area contributed by atoms with Crippen molar-refractivity contribution in [2.24, 2.45) is 5.73 Å². The highest BCUT2D eigenvalue weighted by Crippen LogP contribution is 2.34. The summed E-state index contributed by atoms with van der Waals surface area (Å²) in [6.07, 6.45) is 5.15. The van der Waals surface area contributed by atoms with Crippen molar-refractivity contribution in [2.75, 3.05) is 6.54 Å². The molecule has 0 saturated carbocycles. The molecule has 0 aliphatic heterocycles. The maximum absolute atomic E-state index is 5.73. The molecule has 15 heavy (non-hydrogen) atoms. The van der Waals surface area contributed by atoms with Crippen molar-refractivity contribution in [3.05, 3.63) is 36.4 Å². The zero-order chi connectivity index (χ0) is 10.5. The highest BCUT2D eigenvalue weighted by atomic mass is 32.2. The van der Waals surface area contributed by atoms with Gasteiger partial charge in [-0.05, 0) is 23.2 Å². The number of hydrogen-bond acceptors (Lipinski definition) is 6. The van der Waals surface area contributed by atoms with Gasteiger partial charge in [-0.1, -0.05) is 17.8 Å². The van der Waals surface area contributed by atoms with E-state index in [1.54, 1.807) is 24.3 Å². The lowest BCUT2D eigenvalue weighted by Gasteiger charge is -2.11. The van der Waals surface area contributed by atoms with Crippen molar-refractivity contribution >= 4 is 23.3 Å². The molecule has 1 unspecified atom stereocenters. The number of hydrogen-bond donors (Lipinski definition) is 1. The van der Waals surface area contributed by atoms with Crippen LogP contribution in [0.2, 0.25) is 0 Å². The van der Waals surface area contributed by atoms with Crippen LogP contribution < -0.4 is 5.73 Å². The molecule has 1 atom stereocenters. The first-order valence-electron chi connectivity index (χ1n) is 4.43. The van der Waals surface area contributed by atoms with E-state index in [9.17, 15) is 0 Å². The molecule has 2 aromatic heterocycles. The first-order valence-corrected chi connectivity index (χ1v) is 6.09.